The third kappa shape index (κ3) is 2.06. The largest absolute Gasteiger partial charge is 0.475 e. The Morgan fingerprint density at radius 3 is 2.39 bits per heavy atom. The fourth-order valence-corrected chi connectivity index (χ4v) is 1.79. The number of nitriles is 1. The molecule has 0 radical (unpaired) electrons. The van der Waals surface area contributed by atoms with Crippen LogP contribution in [0.4, 0.5) is 13.2 Å². The minimum absolute atomic E-state index is 0.166. The minimum Gasteiger partial charge on any atom is -0.475 e. The molecule has 1 aliphatic heterocycles. The minimum atomic E-state index is -4.59. The van der Waals surface area contributed by atoms with Crippen LogP contribution >= 0.6 is 0 Å². The molecule has 18 heavy (non-hydrogen) atoms. The first-order valence-electron chi connectivity index (χ1n) is 5.29. The molecule has 1 atom stereocenters. The molecule has 0 spiro atoms. The average molecular weight is 253 g/mol. The van der Waals surface area contributed by atoms with E-state index >= 15 is 0 Å². The summed E-state index contributed by atoms with van der Waals surface area (Å²) in [6.45, 7) is 3.65. The highest BCUT2D eigenvalue weighted by Gasteiger charge is 2.46. The highest BCUT2D eigenvalue weighted by atomic mass is 19.4. The number of hydrogen-bond acceptors (Lipinski definition) is 2. The van der Waals surface area contributed by atoms with Crippen molar-refractivity contribution in [3.05, 3.63) is 34.4 Å². The van der Waals surface area contributed by atoms with Crippen molar-refractivity contribution in [3.8, 4) is 11.8 Å². The Bertz CT molecular complexity index is 567. The fourth-order valence-electron chi connectivity index (χ4n) is 1.79. The summed E-state index contributed by atoms with van der Waals surface area (Å²) >= 11 is 0. The molecule has 0 N–H and O–H groups in total. The zero-order valence-corrected chi connectivity index (χ0v) is 9.80. The number of rotatable bonds is 0. The molecule has 0 amide bonds. The Balaban J connectivity index is 2.54. The van der Waals surface area contributed by atoms with Gasteiger partial charge in [-0.15, -0.1) is 0 Å². The lowest BCUT2D eigenvalue weighted by Gasteiger charge is -2.26. The van der Waals surface area contributed by atoms with Crippen molar-refractivity contribution >= 4 is 6.08 Å². The van der Waals surface area contributed by atoms with Gasteiger partial charge in [-0.05, 0) is 43.2 Å². The first-order chi connectivity index (χ1) is 8.32. The zero-order chi connectivity index (χ0) is 13.5. The van der Waals surface area contributed by atoms with E-state index in [1.807, 2.05) is 6.92 Å². The highest BCUT2D eigenvalue weighted by molar-refractivity contribution is 5.68. The molecular formula is C13H10F3NO. The normalized spacial score (nSPS) is 18.4. The molecule has 1 aromatic carbocycles. The van der Waals surface area contributed by atoms with E-state index in [2.05, 4.69) is 0 Å². The third-order valence-electron chi connectivity index (χ3n) is 2.89. The lowest BCUT2D eigenvalue weighted by atomic mass is 9.98. The van der Waals surface area contributed by atoms with Gasteiger partial charge in [-0.25, -0.2) is 0 Å². The van der Waals surface area contributed by atoms with Crippen molar-refractivity contribution in [2.24, 2.45) is 0 Å². The van der Waals surface area contributed by atoms with Gasteiger partial charge in [-0.3, -0.25) is 0 Å². The van der Waals surface area contributed by atoms with E-state index in [0.717, 1.165) is 11.1 Å². The van der Waals surface area contributed by atoms with Gasteiger partial charge in [0, 0.05) is 5.56 Å². The Hall–Kier alpha value is -1.96. The average Bonchev–Trinajstić information content (AvgIpc) is 2.28. The molecule has 0 saturated carbocycles. The predicted molar refractivity (Wildman–Crippen MR) is 60.0 cm³/mol. The summed E-state index contributed by atoms with van der Waals surface area (Å²) in [7, 11) is 0. The summed E-state index contributed by atoms with van der Waals surface area (Å²) in [6.07, 6.45) is -5.52. The molecule has 1 aliphatic rings. The first-order valence-corrected chi connectivity index (χ1v) is 5.29. The Morgan fingerprint density at radius 1 is 1.22 bits per heavy atom. The number of fused-ring (bicyclic) bond motifs is 1. The molecule has 0 saturated heterocycles. The van der Waals surface area contributed by atoms with E-state index in [-0.39, 0.29) is 5.75 Å². The van der Waals surface area contributed by atoms with Crippen LogP contribution < -0.4 is 4.74 Å². The van der Waals surface area contributed by atoms with Crippen LogP contribution in [0.1, 0.15) is 16.7 Å². The van der Waals surface area contributed by atoms with Crippen LogP contribution in [0.5, 0.6) is 5.75 Å². The lowest BCUT2D eigenvalue weighted by Crippen LogP contribution is -2.37. The van der Waals surface area contributed by atoms with Gasteiger partial charge in [0.1, 0.15) is 5.75 Å². The Morgan fingerprint density at radius 2 is 1.83 bits per heavy atom. The monoisotopic (exact) mass is 253 g/mol. The summed E-state index contributed by atoms with van der Waals surface area (Å²) in [6, 6.07) is 4.83. The lowest BCUT2D eigenvalue weighted by molar-refractivity contribution is -0.182. The van der Waals surface area contributed by atoms with Gasteiger partial charge in [0.25, 0.3) is 0 Å². The van der Waals surface area contributed by atoms with Gasteiger partial charge in [0.15, 0.2) is 0 Å². The van der Waals surface area contributed by atoms with Crippen molar-refractivity contribution in [2.45, 2.75) is 26.1 Å². The zero-order valence-electron chi connectivity index (χ0n) is 9.80. The summed E-state index contributed by atoms with van der Waals surface area (Å²) in [5, 5.41) is 8.78. The number of ether oxygens (including phenoxy) is 1. The summed E-state index contributed by atoms with van der Waals surface area (Å²) in [5.41, 5.74) is 1.88. The molecule has 1 unspecified atom stereocenters. The van der Waals surface area contributed by atoms with Crippen molar-refractivity contribution in [1.29, 1.82) is 5.26 Å². The molecule has 0 bridgehead atoms. The molecule has 0 aliphatic carbocycles. The number of halogens is 3. The summed E-state index contributed by atoms with van der Waals surface area (Å²) in [5.74, 6) is 0.166. The van der Waals surface area contributed by atoms with Gasteiger partial charge < -0.3 is 4.74 Å². The van der Waals surface area contributed by atoms with E-state index in [1.54, 1.807) is 25.1 Å². The van der Waals surface area contributed by atoms with Crippen LogP contribution in [0.2, 0.25) is 0 Å². The number of nitrogens with zero attached hydrogens (tertiary/aromatic N) is 1. The molecular weight excluding hydrogens is 243 g/mol. The molecule has 94 valence electrons. The van der Waals surface area contributed by atoms with E-state index in [4.69, 9.17) is 10.00 Å². The van der Waals surface area contributed by atoms with Gasteiger partial charge in [-0.1, -0.05) is 0 Å². The Labute approximate surface area is 102 Å². The van der Waals surface area contributed by atoms with Crippen LogP contribution in [-0.2, 0) is 0 Å². The number of aryl methyl sites for hydroxylation is 2. The van der Waals surface area contributed by atoms with Crippen LogP contribution in [0.15, 0.2) is 17.7 Å². The van der Waals surface area contributed by atoms with Crippen molar-refractivity contribution in [3.63, 3.8) is 0 Å². The van der Waals surface area contributed by atoms with Gasteiger partial charge in [0.2, 0.25) is 6.10 Å². The van der Waals surface area contributed by atoms with Crippen molar-refractivity contribution < 1.29 is 17.9 Å². The smallest absolute Gasteiger partial charge is 0.430 e. The van der Waals surface area contributed by atoms with E-state index in [0.29, 0.717) is 5.56 Å². The quantitative estimate of drug-likeness (QED) is 0.708. The SMILES string of the molecule is Cc1cc2c(cc1C)OC(C(F)(F)F)C(C#N)=C2. The molecule has 2 rings (SSSR count). The maximum absolute atomic E-state index is 12.7. The van der Waals surface area contributed by atoms with E-state index in [9.17, 15) is 13.2 Å². The number of benzene rings is 1. The molecule has 0 aromatic heterocycles. The van der Waals surface area contributed by atoms with Crippen LogP contribution in [0.25, 0.3) is 6.08 Å². The van der Waals surface area contributed by atoms with Crippen LogP contribution in [-0.4, -0.2) is 12.3 Å². The standard InChI is InChI=1S/C13H10F3NO/c1-7-3-9-5-10(6-17)12(13(14,15)16)18-11(9)4-8(7)2/h3-5,12H,1-2H3. The Kier molecular flexibility index (Phi) is 2.81. The maximum atomic E-state index is 12.7. The fraction of sp³-hybridized carbons (Fsp3) is 0.308. The topological polar surface area (TPSA) is 33.0 Å². The first kappa shape index (κ1) is 12.5. The van der Waals surface area contributed by atoms with Gasteiger partial charge >= 0.3 is 6.18 Å². The van der Waals surface area contributed by atoms with E-state index < -0.39 is 17.9 Å². The second-order valence-corrected chi connectivity index (χ2v) is 4.23. The molecule has 1 aromatic rings. The van der Waals surface area contributed by atoms with Crippen molar-refractivity contribution in [1.82, 2.24) is 0 Å². The van der Waals surface area contributed by atoms with Gasteiger partial charge in [-0.2, -0.15) is 18.4 Å². The summed E-state index contributed by atoms with van der Waals surface area (Å²) < 4.78 is 43.1. The summed E-state index contributed by atoms with van der Waals surface area (Å²) in [4.78, 5) is 0. The molecule has 5 heteroatoms. The second kappa shape index (κ2) is 4.05. The highest BCUT2D eigenvalue weighted by Crippen LogP contribution is 2.37. The second-order valence-electron chi connectivity index (χ2n) is 4.23. The van der Waals surface area contributed by atoms with Crippen LogP contribution in [0.3, 0.4) is 0 Å². The maximum Gasteiger partial charge on any atom is 0.430 e. The van der Waals surface area contributed by atoms with Crippen LogP contribution in [0, 0.1) is 25.2 Å². The molecule has 2 nitrogen and oxygen atoms in total. The van der Waals surface area contributed by atoms with E-state index in [1.165, 1.54) is 6.08 Å². The third-order valence-corrected chi connectivity index (χ3v) is 2.89. The number of alkyl halides is 3. The van der Waals surface area contributed by atoms with Gasteiger partial charge in [0.05, 0.1) is 11.6 Å². The molecule has 1 heterocycles. The molecule has 0 fully saturated rings. The predicted octanol–water partition coefficient (Wildman–Crippen LogP) is 3.53. The number of hydrogen-bond donors (Lipinski definition) is 0. The van der Waals surface area contributed by atoms with Crippen molar-refractivity contribution in [2.75, 3.05) is 0 Å².